The number of guanidine groups is 1. The maximum absolute atomic E-state index is 12.3. The van der Waals surface area contributed by atoms with Crippen LogP contribution in [-0.4, -0.2) is 37.2 Å². The molecule has 30 heavy (non-hydrogen) atoms. The van der Waals surface area contributed by atoms with Crippen molar-refractivity contribution < 1.29 is 23.0 Å². The second-order valence-corrected chi connectivity index (χ2v) is 7.04. The second-order valence-electron chi connectivity index (χ2n) is 6.00. The summed E-state index contributed by atoms with van der Waals surface area (Å²) in [6.07, 6.45) is 0. The number of aliphatic imine (C=N–C) groups is 1. The Bertz CT molecular complexity index is 864. The summed E-state index contributed by atoms with van der Waals surface area (Å²) in [6, 6.07) is 6.23. The van der Waals surface area contributed by atoms with Crippen LogP contribution >= 0.6 is 35.3 Å². The minimum atomic E-state index is -2.87. The van der Waals surface area contributed by atoms with Crippen LogP contribution in [0.1, 0.15) is 45.8 Å². The van der Waals surface area contributed by atoms with Crippen LogP contribution in [0.3, 0.4) is 0 Å². The first-order valence-corrected chi connectivity index (χ1v) is 9.81. The predicted molar refractivity (Wildman–Crippen MR) is 123 cm³/mol. The number of hydrogen-bond donors (Lipinski definition) is 2. The number of aryl methyl sites for hydroxylation is 1. The maximum Gasteiger partial charge on any atom is 0.387 e. The monoisotopic (exact) mass is 554 g/mol. The summed E-state index contributed by atoms with van der Waals surface area (Å²) in [6.45, 7) is 3.22. The molecular formula is C19H25F2IN4O3S. The Morgan fingerprint density at radius 1 is 1.37 bits per heavy atom. The highest BCUT2D eigenvalue weighted by molar-refractivity contribution is 14.0. The molecule has 166 valence electrons. The van der Waals surface area contributed by atoms with E-state index in [1.165, 1.54) is 23.5 Å². The van der Waals surface area contributed by atoms with Crippen molar-refractivity contribution in [3.8, 4) is 5.75 Å². The van der Waals surface area contributed by atoms with Crippen LogP contribution in [0.2, 0.25) is 0 Å². The summed E-state index contributed by atoms with van der Waals surface area (Å²) >= 11 is 1.27. The van der Waals surface area contributed by atoms with Gasteiger partial charge in [0.15, 0.2) is 5.96 Å². The standard InChI is InChI=1S/C19H24F2N4O3S.HI/c1-5-27-17(26)15-11(2)24-16(29-15)12(3)25-19(22-4)23-10-13-7-6-8-14(9-13)28-18(20)21;/h6-9,12,18H,5,10H2,1-4H3,(H2,22,23,25);1H. The van der Waals surface area contributed by atoms with E-state index in [0.717, 1.165) is 10.6 Å². The van der Waals surface area contributed by atoms with E-state index in [0.29, 0.717) is 29.7 Å². The molecular weight excluding hydrogens is 529 g/mol. The fraction of sp³-hybridized carbons (Fsp3) is 0.421. The third-order valence-corrected chi connectivity index (χ3v) is 5.12. The zero-order valence-corrected chi connectivity index (χ0v) is 20.2. The van der Waals surface area contributed by atoms with Crippen molar-refractivity contribution in [1.82, 2.24) is 15.6 Å². The molecule has 1 unspecified atom stereocenters. The van der Waals surface area contributed by atoms with E-state index in [4.69, 9.17) is 4.74 Å². The van der Waals surface area contributed by atoms with Gasteiger partial charge in [0.2, 0.25) is 0 Å². The molecule has 0 aliphatic rings. The van der Waals surface area contributed by atoms with Gasteiger partial charge in [-0.3, -0.25) is 4.99 Å². The van der Waals surface area contributed by atoms with Crippen molar-refractivity contribution in [2.75, 3.05) is 13.7 Å². The van der Waals surface area contributed by atoms with E-state index in [-0.39, 0.29) is 41.7 Å². The van der Waals surface area contributed by atoms with Gasteiger partial charge < -0.3 is 20.1 Å². The van der Waals surface area contributed by atoms with Gasteiger partial charge in [-0.2, -0.15) is 8.78 Å². The number of rotatable bonds is 8. The van der Waals surface area contributed by atoms with Crippen LogP contribution in [0.25, 0.3) is 0 Å². The molecule has 2 rings (SSSR count). The predicted octanol–water partition coefficient (Wildman–Crippen LogP) is 4.27. The number of nitrogens with zero attached hydrogens (tertiary/aromatic N) is 2. The molecule has 2 aromatic rings. The average Bonchev–Trinajstić information content (AvgIpc) is 3.07. The van der Waals surface area contributed by atoms with E-state index in [1.807, 2.05) is 6.92 Å². The van der Waals surface area contributed by atoms with Crippen molar-refractivity contribution >= 4 is 47.2 Å². The third kappa shape index (κ3) is 7.67. The smallest absolute Gasteiger partial charge is 0.387 e. The lowest BCUT2D eigenvalue weighted by molar-refractivity contribution is -0.0498. The molecule has 1 atom stereocenters. The first-order valence-electron chi connectivity index (χ1n) is 8.99. The molecule has 1 aromatic carbocycles. The number of aromatic nitrogens is 1. The van der Waals surface area contributed by atoms with Gasteiger partial charge in [-0.25, -0.2) is 9.78 Å². The Hall–Kier alpha value is -2.02. The summed E-state index contributed by atoms with van der Waals surface area (Å²) in [7, 11) is 1.62. The van der Waals surface area contributed by atoms with Crippen LogP contribution in [0.15, 0.2) is 29.3 Å². The van der Waals surface area contributed by atoms with Crippen LogP contribution in [0.5, 0.6) is 5.75 Å². The SMILES string of the molecule is CCOC(=O)c1sc(C(C)NC(=NC)NCc2cccc(OC(F)F)c2)nc1C.I. The molecule has 0 saturated carbocycles. The van der Waals surface area contributed by atoms with Gasteiger partial charge in [0.25, 0.3) is 0 Å². The second kappa shape index (κ2) is 12.6. The lowest BCUT2D eigenvalue weighted by Crippen LogP contribution is -2.38. The maximum atomic E-state index is 12.3. The quantitative estimate of drug-likeness (QED) is 0.220. The molecule has 1 aromatic heterocycles. The molecule has 0 aliphatic heterocycles. The fourth-order valence-electron chi connectivity index (χ4n) is 2.47. The number of benzene rings is 1. The Labute approximate surface area is 195 Å². The van der Waals surface area contributed by atoms with Gasteiger partial charge >= 0.3 is 12.6 Å². The number of nitrogens with one attached hydrogen (secondary N) is 2. The highest BCUT2D eigenvalue weighted by atomic mass is 127. The molecule has 0 radical (unpaired) electrons. The summed E-state index contributed by atoms with van der Waals surface area (Å²) < 4.78 is 34.1. The first-order chi connectivity index (χ1) is 13.8. The van der Waals surface area contributed by atoms with Crippen LogP contribution in [0.4, 0.5) is 8.78 Å². The van der Waals surface area contributed by atoms with Gasteiger partial charge in [0.05, 0.1) is 18.3 Å². The van der Waals surface area contributed by atoms with Crippen LogP contribution < -0.4 is 15.4 Å². The Kier molecular flexibility index (Phi) is 10.9. The summed E-state index contributed by atoms with van der Waals surface area (Å²) in [5.74, 6) is 0.220. The number of carbonyl (C=O) groups is 1. The van der Waals surface area contributed by atoms with Crippen molar-refractivity contribution in [2.45, 2.75) is 40.0 Å². The van der Waals surface area contributed by atoms with E-state index < -0.39 is 6.61 Å². The average molecular weight is 554 g/mol. The molecule has 0 bridgehead atoms. The molecule has 11 heteroatoms. The van der Waals surface area contributed by atoms with E-state index in [2.05, 4.69) is 25.3 Å². The highest BCUT2D eigenvalue weighted by Crippen LogP contribution is 2.24. The van der Waals surface area contributed by atoms with Crippen molar-refractivity contribution in [2.24, 2.45) is 4.99 Å². The summed E-state index contributed by atoms with van der Waals surface area (Å²) in [5.41, 5.74) is 1.38. The molecule has 7 nitrogen and oxygen atoms in total. The number of esters is 1. The van der Waals surface area contributed by atoms with E-state index >= 15 is 0 Å². The number of alkyl halides is 2. The molecule has 0 aliphatic carbocycles. The van der Waals surface area contributed by atoms with Gasteiger partial charge in [-0.15, -0.1) is 35.3 Å². The first kappa shape index (κ1) is 26.0. The molecule has 1 heterocycles. The van der Waals surface area contributed by atoms with E-state index in [1.54, 1.807) is 33.0 Å². The highest BCUT2D eigenvalue weighted by Gasteiger charge is 2.20. The zero-order chi connectivity index (χ0) is 21.4. The van der Waals surface area contributed by atoms with E-state index in [9.17, 15) is 13.6 Å². The summed E-state index contributed by atoms with van der Waals surface area (Å²) in [5, 5.41) is 7.03. The lowest BCUT2D eigenvalue weighted by atomic mass is 10.2. The number of ether oxygens (including phenoxy) is 2. The van der Waals surface area contributed by atoms with Crippen molar-refractivity contribution in [3.63, 3.8) is 0 Å². The molecule has 2 N–H and O–H groups in total. The normalized spacial score (nSPS) is 12.2. The minimum Gasteiger partial charge on any atom is -0.462 e. The summed E-state index contributed by atoms with van der Waals surface area (Å²) in [4.78, 5) is 21.1. The van der Waals surface area contributed by atoms with Gasteiger partial charge in [0.1, 0.15) is 15.6 Å². The number of hydrogen-bond acceptors (Lipinski definition) is 6. The third-order valence-electron chi connectivity index (χ3n) is 3.80. The van der Waals surface area contributed by atoms with Crippen LogP contribution in [-0.2, 0) is 11.3 Å². The molecule has 0 spiro atoms. The number of thiazole rings is 1. The molecule has 0 amide bonds. The largest absolute Gasteiger partial charge is 0.462 e. The van der Waals surface area contributed by atoms with Gasteiger partial charge in [0, 0.05) is 13.6 Å². The van der Waals surface area contributed by atoms with Crippen molar-refractivity contribution in [3.05, 3.63) is 45.4 Å². The minimum absolute atomic E-state index is 0. The lowest BCUT2D eigenvalue weighted by Gasteiger charge is -2.16. The van der Waals surface area contributed by atoms with Gasteiger partial charge in [-0.1, -0.05) is 12.1 Å². The number of carbonyl (C=O) groups excluding carboxylic acids is 1. The Morgan fingerprint density at radius 2 is 2.10 bits per heavy atom. The fourth-order valence-corrected chi connectivity index (χ4v) is 3.43. The van der Waals surface area contributed by atoms with Crippen LogP contribution in [0, 0.1) is 6.92 Å². The number of halogens is 3. The molecule has 0 saturated heterocycles. The topological polar surface area (TPSA) is 84.8 Å². The Morgan fingerprint density at radius 3 is 2.73 bits per heavy atom. The van der Waals surface area contributed by atoms with Crippen molar-refractivity contribution in [1.29, 1.82) is 0 Å². The Balaban J connectivity index is 0.00000450. The molecule has 0 fully saturated rings. The zero-order valence-electron chi connectivity index (χ0n) is 17.1. The van der Waals surface area contributed by atoms with Gasteiger partial charge in [-0.05, 0) is 38.5 Å².